The van der Waals surface area contributed by atoms with Crippen molar-refractivity contribution in [2.75, 3.05) is 0 Å². The van der Waals surface area contributed by atoms with Gasteiger partial charge in [-0.05, 0) is 60.8 Å². The lowest BCUT2D eigenvalue weighted by molar-refractivity contribution is 0.610. The van der Waals surface area contributed by atoms with E-state index in [2.05, 4.69) is 48.5 Å². The first-order valence-corrected chi connectivity index (χ1v) is 7.71. The maximum atomic E-state index is 6.30. The molecule has 2 aromatic rings. The summed E-state index contributed by atoms with van der Waals surface area (Å²) in [5.41, 5.74) is 12.2. The van der Waals surface area contributed by atoms with Crippen LogP contribution in [0.1, 0.15) is 35.1 Å². The van der Waals surface area contributed by atoms with Crippen LogP contribution < -0.4 is 5.73 Å². The molecule has 1 nitrogen and oxygen atoms in total. The number of hydrogen-bond acceptors (Lipinski definition) is 1. The molecule has 1 heteroatoms. The second-order valence-electron chi connectivity index (χ2n) is 5.95. The van der Waals surface area contributed by atoms with Crippen LogP contribution in [0, 0.1) is 0 Å². The topological polar surface area (TPSA) is 26.0 Å². The number of rotatable bonds is 5. The molecule has 1 aliphatic carbocycles. The smallest absolute Gasteiger partial charge is 0.00824 e. The van der Waals surface area contributed by atoms with Gasteiger partial charge in [0.15, 0.2) is 0 Å². The second-order valence-corrected chi connectivity index (χ2v) is 5.95. The van der Waals surface area contributed by atoms with Gasteiger partial charge in [-0.1, -0.05) is 48.5 Å². The third-order valence-electron chi connectivity index (χ3n) is 4.31. The van der Waals surface area contributed by atoms with Gasteiger partial charge >= 0.3 is 0 Å². The Labute approximate surface area is 121 Å². The molecule has 0 aliphatic heterocycles. The highest BCUT2D eigenvalue weighted by Crippen LogP contribution is 2.23. The minimum Gasteiger partial charge on any atom is -0.327 e. The van der Waals surface area contributed by atoms with Crippen molar-refractivity contribution in [3.63, 3.8) is 0 Å². The van der Waals surface area contributed by atoms with Crippen LogP contribution in [-0.2, 0) is 25.7 Å². The Morgan fingerprint density at radius 3 is 2.55 bits per heavy atom. The molecule has 0 saturated carbocycles. The molecule has 0 aromatic heterocycles. The SMILES string of the molecule is NC(CCc1ccccc1)Cc1ccc2c(c1)CCC2. The molecule has 1 aliphatic rings. The zero-order chi connectivity index (χ0) is 13.8. The Balaban J connectivity index is 1.55. The van der Waals surface area contributed by atoms with Crippen molar-refractivity contribution in [2.24, 2.45) is 5.73 Å². The lowest BCUT2D eigenvalue weighted by Gasteiger charge is -2.13. The molecule has 0 radical (unpaired) electrons. The van der Waals surface area contributed by atoms with E-state index in [9.17, 15) is 0 Å². The monoisotopic (exact) mass is 265 g/mol. The molecule has 3 rings (SSSR count). The van der Waals surface area contributed by atoms with E-state index in [0.29, 0.717) is 0 Å². The van der Waals surface area contributed by atoms with Crippen molar-refractivity contribution in [3.8, 4) is 0 Å². The molecule has 0 amide bonds. The lowest BCUT2D eigenvalue weighted by atomic mass is 9.97. The van der Waals surface area contributed by atoms with Gasteiger partial charge in [-0.3, -0.25) is 0 Å². The average Bonchev–Trinajstić information content (AvgIpc) is 2.94. The van der Waals surface area contributed by atoms with Crippen LogP contribution in [0.2, 0.25) is 0 Å². The van der Waals surface area contributed by atoms with Crippen molar-refractivity contribution in [2.45, 2.75) is 44.6 Å². The van der Waals surface area contributed by atoms with Crippen LogP contribution in [0.5, 0.6) is 0 Å². The van der Waals surface area contributed by atoms with E-state index in [1.54, 1.807) is 11.1 Å². The van der Waals surface area contributed by atoms with Crippen molar-refractivity contribution >= 4 is 0 Å². The van der Waals surface area contributed by atoms with E-state index in [0.717, 1.165) is 19.3 Å². The molecular formula is C19H23N. The molecular weight excluding hydrogens is 242 g/mol. The Kier molecular flexibility index (Phi) is 4.17. The molecule has 2 aromatic carbocycles. The highest BCUT2D eigenvalue weighted by atomic mass is 14.6. The van der Waals surface area contributed by atoms with Gasteiger partial charge in [0.05, 0.1) is 0 Å². The highest BCUT2D eigenvalue weighted by molar-refractivity contribution is 5.35. The van der Waals surface area contributed by atoms with Gasteiger partial charge in [0.1, 0.15) is 0 Å². The van der Waals surface area contributed by atoms with Gasteiger partial charge in [0, 0.05) is 6.04 Å². The summed E-state index contributed by atoms with van der Waals surface area (Å²) in [6, 6.07) is 17.8. The van der Waals surface area contributed by atoms with E-state index in [4.69, 9.17) is 5.73 Å². The third kappa shape index (κ3) is 3.29. The number of fused-ring (bicyclic) bond motifs is 1. The molecule has 104 valence electrons. The van der Waals surface area contributed by atoms with Crippen LogP contribution >= 0.6 is 0 Å². The third-order valence-corrected chi connectivity index (χ3v) is 4.31. The molecule has 20 heavy (non-hydrogen) atoms. The number of aryl methyl sites for hydroxylation is 3. The Morgan fingerprint density at radius 1 is 0.900 bits per heavy atom. The molecule has 0 saturated heterocycles. The minimum absolute atomic E-state index is 0.259. The summed E-state index contributed by atoms with van der Waals surface area (Å²) in [6.45, 7) is 0. The molecule has 1 atom stereocenters. The van der Waals surface area contributed by atoms with Crippen LogP contribution in [0.3, 0.4) is 0 Å². The van der Waals surface area contributed by atoms with Crippen LogP contribution in [0.15, 0.2) is 48.5 Å². The summed E-state index contributed by atoms with van der Waals surface area (Å²) in [4.78, 5) is 0. The maximum absolute atomic E-state index is 6.30. The van der Waals surface area contributed by atoms with E-state index in [-0.39, 0.29) is 6.04 Å². The summed E-state index contributed by atoms with van der Waals surface area (Å²) in [5, 5.41) is 0. The fraction of sp³-hybridized carbons (Fsp3) is 0.368. The van der Waals surface area contributed by atoms with E-state index >= 15 is 0 Å². The molecule has 1 unspecified atom stereocenters. The Bertz CT molecular complexity index is 559. The maximum Gasteiger partial charge on any atom is 0.00824 e. The standard InChI is InChI=1S/C19H23N/c20-19(12-10-15-5-2-1-3-6-15)14-16-9-11-17-7-4-8-18(17)13-16/h1-3,5-6,9,11,13,19H,4,7-8,10,12,14,20H2. The predicted octanol–water partition coefficient (Wildman–Crippen LogP) is 3.68. The zero-order valence-electron chi connectivity index (χ0n) is 12.0. The fourth-order valence-electron chi connectivity index (χ4n) is 3.15. The second kappa shape index (κ2) is 6.23. The summed E-state index contributed by atoms with van der Waals surface area (Å²) in [7, 11) is 0. The average molecular weight is 265 g/mol. The van der Waals surface area contributed by atoms with Gasteiger partial charge in [-0.2, -0.15) is 0 Å². The molecule has 0 spiro atoms. The largest absolute Gasteiger partial charge is 0.327 e. The minimum atomic E-state index is 0.259. The first kappa shape index (κ1) is 13.4. The molecule has 0 heterocycles. The molecule has 2 N–H and O–H groups in total. The number of hydrogen-bond donors (Lipinski definition) is 1. The molecule has 0 bridgehead atoms. The van der Waals surface area contributed by atoms with Gasteiger partial charge in [-0.15, -0.1) is 0 Å². The quantitative estimate of drug-likeness (QED) is 0.877. The number of nitrogens with two attached hydrogens (primary N) is 1. The summed E-state index contributed by atoms with van der Waals surface area (Å²) < 4.78 is 0. The molecule has 0 fully saturated rings. The van der Waals surface area contributed by atoms with E-state index in [1.807, 2.05) is 0 Å². The summed E-state index contributed by atoms with van der Waals surface area (Å²) in [6.07, 6.45) is 6.96. The zero-order valence-corrected chi connectivity index (χ0v) is 12.0. The van der Waals surface area contributed by atoms with Crippen molar-refractivity contribution < 1.29 is 0 Å². The van der Waals surface area contributed by atoms with Gasteiger partial charge in [0.25, 0.3) is 0 Å². The summed E-state index contributed by atoms with van der Waals surface area (Å²) in [5.74, 6) is 0. The van der Waals surface area contributed by atoms with Gasteiger partial charge < -0.3 is 5.73 Å². The van der Waals surface area contributed by atoms with Crippen LogP contribution in [0.4, 0.5) is 0 Å². The van der Waals surface area contributed by atoms with Gasteiger partial charge in [-0.25, -0.2) is 0 Å². The Hall–Kier alpha value is -1.60. The predicted molar refractivity (Wildman–Crippen MR) is 84.9 cm³/mol. The first-order chi connectivity index (χ1) is 9.81. The van der Waals surface area contributed by atoms with E-state index in [1.165, 1.54) is 30.4 Å². The Morgan fingerprint density at radius 2 is 1.70 bits per heavy atom. The number of benzene rings is 2. The highest BCUT2D eigenvalue weighted by Gasteiger charge is 2.12. The van der Waals surface area contributed by atoms with Gasteiger partial charge in [0.2, 0.25) is 0 Å². The normalized spacial score (nSPS) is 15.1. The fourth-order valence-corrected chi connectivity index (χ4v) is 3.15. The van der Waals surface area contributed by atoms with Crippen molar-refractivity contribution in [1.29, 1.82) is 0 Å². The van der Waals surface area contributed by atoms with Crippen LogP contribution in [0.25, 0.3) is 0 Å². The summed E-state index contributed by atoms with van der Waals surface area (Å²) >= 11 is 0. The van der Waals surface area contributed by atoms with Crippen molar-refractivity contribution in [3.05, 3.63) is 70.8 Å². The lowest BCUT2D eigenvalue weighted by Crippen LogP contribution is -2.23. The van der Waals surface area contributed by atoms with Crippen LogP contribution in [-0.4, -0.2) is 6.04 Å². The van der Waals surface area contributed by atoms with Crippen molar-refractivity contribution in [1.82, 2.24) is 0 Å². The van der Waals surface area contributed by atoms with E-state index < -0.39 is 0 Å². The first-order valence-electron chi connectivity index (χ1n) is 7.71.